The third-order valence-corrected chi connectivity index (χ3v) is 3.17. The van der Waals surface area contributed by atoms with E-state index in [-0.39, 0.29) is 17.6 Å². The predicted molar refractivity (Wildman–Crippen MR) is 68.6 cm³/mol. The molecule has 0 aromatic heterocycles. The highest BCUT2D eigenvalue weighted by molar-refractivity contribution is 5.80. The van der Waals surface area contributed by atoms with Gasteiger partial charge in [-0.25, -0.2) is 4.39 Å². The predicted octanol–water partition coefficient (Wildman–Crippen LogP) is 1.75. The minimum atomic E-state index is -0.201. The van der Waals surface area contributed by atoms with Crippen LogP contribution in [0.4, 0.5) is 4.39 Å². The van der Waals surface area contributed by atoms with Crippen LogP contribution in [-0.4, -0.2) is 19.0 Å². The average molecular weight is 250 g/mol. The number of amides is 1. The van der Waals surface area contributed by atoms with Crippen LogP contribution in [0, 0.1) is 18.7 Å². The molecule has 1 fully saturated rings. The lowest BCUT2D eigenvalue weighted by molar-refractivity contribution is -0.122. The maximum Gasteiger partial charge on any atom is 0.223 e. The van der Waals surface area contributed by atoms with Gasteiger partial charge in [-0.1, -0.05) is 6.07 Å². The van der Waals surface area contributed by atoms with E-state index in [1.807, 2.05) is 6.92 Å². The van der Waals surface area contributed by atoms with E-state index in [2.05, 4.69) is 10.6 Å². The zero-order chi connectivity index (χ0) is 13.0. The van der Waals surface area contributed by atoms with E-state index in [4.69, 9.17) is 0 Å². The summed E-state index contributed by atoms with van der Waals surface area (Å²) in [6.07, 6.45) is 2.07. The number of aryl methyl sites for hydroxylation is 1. The SMILES string of the molecule is Cc1cc(F)ccc1CNCCNC(=O)C1CC1. The highest BCUT2D eigenvalue weighted by Crippen LogP contribution is 2.28. The van der Waals surface area contributed by atoms with Crippen molar-refractivity contribution < 1.29 is 9.18 Å². The van der Waals surface area contributed by atoms with E-state index in [9.17, 15) is 9.18 Å². The van der Waals surface area contributed by atoms with Crippen LogP contribution in [0.25, 0.3) is 0 Å². The number of carbonyl (C=O) groups excluding carboxylic acids is 1. The number of hydrogen-bond acceptors (Lipinski definition) is 2. The number of benzene rings is 1. The highest BCUT2D eigenvalue weighted by Gasteiger charge is 2.28. The van der Waals surface area contributed by atoms with E-state index in [0.717, 1.165) is 30.5 Å². The summed E-state index contributed by atoms with van der Waals surface area (Å²) in [7, 11) is 0. The summed E-state index contributed by atoms with van der Waals surface area (Å²) in [5.41, 5.74) is 2.04. The van der Waals surface area contributed by atoms with E-state index >= 15 is 0 Å². The molecule has 2 N–H and O–H groups in total. The molecule has 2 rings (SSSR count). The van der Waals surface area contributed by atoms with Crippen molar-refractivity contribution in [3.63, 3.8) is 0 Å². The van der Waals surface area contributed by atoms with Gasteiger partial charge in [0.2, 0.25) is 5.91 Å². The van der Waals surface area contributed by atoms with E-state index in [0.29, 0.717) is 13.1 Å². The van der Waals surface area contributed by atoms with Crippen molar-refractivity contribution in [3.8, 4) is 0 Å². The largest absolute Gasteiger partial charge is 0.355 e. The topological polar surface area (TPSA) is 41.1 Å². The second-order valence-corrected chi connectivity index (χ2v) is 4.81. The Hall–Kier alpha value is -1.42. The molecule has 1 saturated carbocycles. The summed E-state index contributed by atoms with van der Waals surface area (Å²) in [4.78, 5) is 11.3. The van der Waals surface area contributed by atoms with Crippen molar-refractivity contribution in [2.75, 3.05) is 13.1 Å². The lowest BCUT2D eigenvalue weighted by Gasteiger charge is -2.08. The highest BCUT2D eigenvalue weighted by atomic mass is 19.1. The van der Waals surface area contributed by atoms with Gasteiger partial charge in [0.1, 0.15) is 5.82 Å². The van der Waals surface area contributed by atoms with Crippen molar-refractivity contribution in [2.24, 2.45) is 5.92 Å². The van der Waals surface area contributed by atoms with Crippen LogP contribution in [0.2, 0.25) is 0 Å². The first-order valence-electron chi connectivity index (χ1n) is 6.40. The Balaban J connectivity index is 1.63. The summed E-state index contributed by atoms with van der Waals surface area (Å²) in [6.45, 7) is 3.98. The van der Waals surface area contributed by atoms with Gasteiger partial charge in [-0.15, -0.1) is 0 Å². The molecular weight excluding hydrogens is 231 g/mol. The summed E-state index contributed by atoms with van der Waals surface area (Å²) in [5, 5.41) is 6.13. The molecule has 0 saturated heterocycles. The van der Waals surface area contributed by atoms with Crippen LogP contribution in [0.15, 0.2) is 18.2 Å². The molecule has 0 aliphatic heterocycles. The summed E-state index contributed by atoms with van der Waals surface area (Å²) < 4.78 is 12.9. The van der Waals surface area contributed by atoms with Crippen LogP contribution >= 0.6 is 0 Å². The van der Waals surface area contributed by atoms with Gasteiger partial charge in [0.15, 0.2) is 0 Å². The molecule has 0 radical (unpaired) electrons. The van der Waals surface area contributed by atoms with Crippen LogP contribution in [0.5, 0.6) is 0 Å². The summed E-state index contributed by atoms with van der Waals surface area (Å²) in [6, 6.07) is 4.80. The van der Waals surface area contributed by atoms with Gasteiger partial charge in [-0.2, -0.15) is 0 Å². The molecule has 1 aliphatic carbocycles. The van der Waals surface area contributed by atoms with Crippen LogP contribution in [0.1, 0.15) is 24.0 Å². The zero-order valence-corrected chi connectivity index (χ0v) is 10.6. The Kier molecular flexibility index (Phi) is 4.31. The third kappa shape index (κ3) is 3.81. The minimum Gasteiger partial charge on any atom is -0.355 e. The van der Waals surface area contributed by atoms with Crippen LogP contribution < -0.4 is 10.6 Å². The number of hydrogen-bond donors (Lipinski definition) is 2. The molecule has 0 bridgehead atoms. The molecule has 18 heavy (non-hydrogen) atoms. The number of nitrogens with one attached hydrogen (secondary N) is 2. The number of rotatable bonds is 6. The molecule has 1 aromatic carbocycles. The minimum absolute atomic E-state index is 0.176. The van der Waals surface area contributed by atoms with Crippen LogP contribution in [0.3, 0.4) is 0 Å². The molecule has 1 amide bonds. The maximum atomic E-state index is 12.9. The Morgan fingerprint density at radius 2 is 2.17 bits per heavy atom. The fraction of sp³-hybridized carbons (Fsp3) is 0.500. The smallest absolute Gasteiger partial charge is 0.223 e. The Labute approximate surface area is 107 Å². The number of carbonyl (C=O) groups is 1. The van der Waals surface area contributed by atoms with Gasteiger partial charge >= 0.3 is 0 Å². The molecule has 0 spiro atoms. The van der Waals surface area contributed by atoms with E-state index in [1.54, 1.807) is 6.07 Å². The lowest BCUT2D eigenvalue weighted by Crippen LogP contribution is -2.32. The van der Waals surface area contributed by atoms with Gasteiger partial charge in [0.05, 0.1) is 0 Å². The zero-order valence-electron chi connectivity index (χ0n) is 10.6. The van der Waals surface area contributed by atoms with Crippen molar-refractivity contribution in [1.82, 2.24) is 10.6 Å². The molecule has 0 atom stereocenters. The van der Waals surface area contributed by atoms with Crippen molar-refractivity contribution in [1.29, 1.82) is 0 Å². The Bertz CT molecular complexity index is 430. The second kappa shape index (κ2) is 5.96. The quantitative estimate of drug-likeness (QED) is 0.755. The molecular formula is C14H19FN2O. The molecule has 0 unspecified atom stereocenters. The first-order valence-corrected chi connectivity index (χ1v) is 6.40. The maximum absolute atomic E-state index is 12.9. The third-order valence-electron chi connectivity index (χ3n) is 3.17. The fourth-order valence-corrected chi connectivity index (χ4v) is 1.84. The number of halogens is 1. The average Bonchev–Trinajstić information content (AvgIpc) is 3.15. The van der Waals surface area contributed by atoms with Gasteiger partial charge < -0.3 is 10.6 Å². The van der Waals surface area contributed by atoms with Gasteiger partial charge in [-0.3, -0.25) is 4.79 Å². The molecule has 1 aliphatic rings. The first-order chi connectivity index (χ1) is 8.66. The standard InChI is InChI=1S/C14H19FN2O/c1-10-8-13(15)5-4-12(10)9-16-6-7-17-14(18)11-2-3-11/h4-5,8,11,16H,2-3,6-7,9H2,1H3,(H,17,18). The molecule has 0 heterocycles. The molecule has 98 valence electrons. The lowest BCUT2D eigenvalue weighted by atomic mass is 10.1. The van der Waals surface area contributed by atoms with Crippen molar-refractivity contribution >= 4 is 5.91 Å². The van der Waals surface area contributed by atoms with Crippen LogP contribution in [-0.2, 0) is 11.3 Å². The van der Waals surface area contributed by atoms with Gasteiger partial charge in [0.25, 0.3) is 0 Å². The first kappa shape index (κ1) is 13.0. The Morgan fingerprint density at radius 1 is 1.39 bits per heavy atom. The molecule has 4 heteroatoms. The second-order valence-electron chi connectivity index (χ2n) is 4.81. The molecule has 1 aromatic rings. The van der Waals surface area contributed by atoms with Crippen molar-refractivity contribution in [3.05, 3.63) is 35.1 Å². The summed E-state index contributed by atoms with van der Waals surface area (Å²) in [5.74, 6) is 0.243. The molecule has 3 nitrogen and oxygen atoms in total. The van der Waals surface area contributed by atoms with Crippen molar-refractivity contribution in [2.45, 2.75) is 26.3 Å². The fourth-order valence-electron chi connectivity index (χ4n) is 1.84. The summed E-state index contributed by atoms with van der Waals surface area (Å²) >= 11 is 0. The monoisotopic (exact) mass is 250 g/mol. The normalized spacial score (nSPS) is 14.6. The van der Waals surface area contributed by atoms with Gasteiger partial charge in [-0.05, 0) is 43.0 Å². The Morgan fingerprint density at radius 3 is 2.83 bits per heavy atom. The van der Waals surface area contributed by atoms with E-state index < -0.39 is 0 Å². The van der Waals surface area contributed by atoms with E-state index in [1.165, 1.54) is 12.1 Å². The van der Waals surface area contributed by atoms with Gasteiger partial charge in [0, 0.05) is 25.6 Å².